The predicted octanol–water partition coefficient (Wildman–Crippen LogP) is 0.669. The van der Waals surface area contributed by atoms with E-state index in [0.29, 0.717) is 0 Å². The summed E-state index contributed by atoms with van der Waals surface area (Å²) >= 11 is 0. The summed E-state index contributed by atoms with van der Waals surface area (Å²) in [6.07, 6.45) is 0. The van der Waals surface area contributed by atoms with E-state index in [0.717, 1.165) is 12.1 Å². The molecule has 1 aromatic heterocycles. The van der Waals surface area contributed by atoms with Crippen LogP contribution in [-0.2, 0) is 10.0 Å². The third-order valence-corrected chi connectivity index (χ3v) is 3.58. The number of aryl methyl sites for hydroxylation is 1. The van der Waals surface area contributed by atoms with E-state index in [9.17, 15) is 18.5 Å². The normalized spacial score (nSPS) is 11.2. The number of nitro groups is 1. The SMILES string of the molecule is Cc1nnc(NS(=O)(=O)c2ccc(N)cc2[N+](=O)[O-])o1. The highest BCUT2D eigenvalue weighted by Gasteiger charge is 2.27. The molecule has 20 heavy (non-hydrogen) atoms. The van der Waals surface area contributed by atoms with Gasteiger partial charge in [0.1, 0.15) is 0 Å². The largest absolute Gasteiger partial charge is 0.408 e. The van der Waals surface area contributed by atoms with Crippen LogP contribution in [0.5, 0.6) is 0 Å². The first-order valence-electron chi connectivity index (χ1n) is 5.16. The fraction of sp³-hybridized carbons (Fsp3) is 0.111. The van der Waals surface area contributed by atoms with Gasteiger partial charge >= 0.3 is 6.01 Å². The highest BCUT2D eigenvalue weighted by Crippen LogP contribution is 2.27. The fourth-order valence-electron chi connectivity index (χ4n) is 1.41. The monoisotopic (exact) mass is 299 g/mol. The van der Waals surface area contributed by atoms with E-state index >= 15 is 0 Å². The smallest absolute Gasteiger partial charge is 0.329 e. The standard InChI is InChI=1S/C9H9N5O5S/c1-5-11-12-9(19-5)13-20(17,18)8-3-2-6(10)4-7(8)14(15)16/h2-4H,10H2,1H3,(H,12,13). The van der Waals surface area contributed by atoms with Crippen LogP contribution in [0.1, 0.15) is 5.89 Å². The highest BCUT2D eigenvalue weighted by atomic mass is 32.2. The van der Waals surface area contributed by atoms with Crippen LogP contribution in [0.25, 0.3) is 0 Å². The molecule has 0 radical (unpaired) electrons. The average Bonchev–Trinajstić information content (AvgIpc) is 2.73. The Hall–Kier alpha value is -2.69. The number of nitrogens with two attached hydrogens (primary N) is 1. The Morgan fingerprint density at radius 2 is 2.10 bits per heavy atom. The molecule has 0 unspecified atom stereocenters. The minimum atomic E-state index is -4.24. The van der Waals surface area contributed by atoms with Crippen LogP contribution >= 0.6 is 0 Å². The zero-order chi connectivity index (χ0) is 14.9. The Labute approximate surface area is 112 Å². The number of sulfonamides is 1. The summed E-state index contributed by atoms with van der Waals surface area (Å²) in [6, 6.07) is 2.83. The Bertz CT molecular complexity index is 769. The van der Waals surface area contributed by atoms with Gasteiger partial charge in [0.2, 0.25) is 5.89 Å². The third-order valence-electron chi connectivity index (χ3n) is 2.22. The summed E-state index contributed by atoms with van der Waals surface area (Å²) < 4.78 is 30.9. The molecule has 0 aliphatic carbocycles. The number of nitrogen functional groups attached to an aromatic ring is 1. The lowest BCUT2D eigenvalue weighted by Gasteiger charge is -2.05. The molecule has 0 saturated carbocycles. The first-order valence-corrected chi connectivity index (χ1v) is 6.65. The molecule has 2 rings (SSSR count). The van der Waals surface area contributed by atoms with Crippen molar-refractivity contribution in [2.24, 2.45) is 0 Å². The molecule has 0 fully saturated rings. The molecule has 0 amide bonds. The molecular weight excluding hydrogens is 290 g/mol. The Balaban J connectivity index is 2.46. The van der Waals surface area contributed by atoms with Crippen LogP contribution in [-0.4, -0.2) is 23.5 Å². The van der Waals surface area contributed by atoms with Gasteiger partial charge in [-0.05, 0) is 12.1 Å². The molecule has 0 spiro atoms. The number of nitro benzene ring substituents is 1. The van der Waals surface area contributed by atoms with E-state index < -0.39 is 25.5 Å². The summed E-state index contributed by atoms with van der Waals surface area (Å²) in [5.74, 6) is 0.148. The third kappa shape index (κ3) is 2.66. The molecule has 1 heterocycles. The van der Waals surface area contributed by atoms with Crippen LogP contribution in [0.15, 0.2) is 27.5 Å². The molecule has 0 aliphatic heterocycles. The van der Waals surface area contributed by atoms with E-state index in [1.165, 1.54) is 13.0 Å². The number of rotatable bonds is 4. The van der Waals surface area contributed by atoms with Crippen molar-refractivity contribution in [3.05, 3.63) is 34.2 Å². The molecule has 0 bridgehead atoms. The van der Waals surface area contributed by atoms with Crippen molar-refractivity contribution in [1.29, 1.82) is 0 Å². The fourth-order valence-corrected chi connectivity index (χ4v) is 2.49. The van der Waals surface area contributed by atoms with Gasteiger partial charge in [0.05, 0.1) is 4.92 Å². The summed E-state index contributed by atoms with van der Waals surface area (Å²) in [6.45, 7) is 1.47. The number of aromatic nitrogens is 2. The second kappa shape index (κ2) is 4.77. The van der Waals surface area contributed by atoms with Crippen LogP contribution in [0.4, 0.5) is 17.4 Å². The van der Waals surface area contributed by atoms with Crippen molar-refractivity contribution >= 4 is 27.4 Å². The molecule has 10 nitrogen and oxygen atoms in total. The minimum absolute atomic E-state index is 0.0734. The number of nitrogens with zero attached hydrogens (tertiary/aromatic N) is 3. The molecule has 11 heteroatoms. The van der Waals surface area contributed by atoms with E-state index in [2.05, 4.69) is 10.2 Å². The van der Waals surface area contributed by atoms with Gasteiger partial charge in [-0.3, -0.25) is 10.1 Å². The van der Waals surface area contributed by atoms with Crippen molar-refractivity contribution in [3.8, 4) is 0 Å². The second-order valence-corrected chi connectivity index (χ2v) is 5.37. The number of nitrogens with one attached hydrogen (secondary N) is 1. The lowest BCUT2D eigenvalue weighted by atomic mass is 10.3. The maximum atomic E-state index is 12.1. The zero-order valence-electron chi connectivity index (χ0n) is 10.1. The molecule has 0 atom stereocenters. The summed E-state index contributed by atoms with van der Waals surface area (Å²) in [4.78, 5) is 9.49. The van der Waals surface area contributed by atoms with Crippen molar-refractivity contribution in [2.45, 2.75) is 11.8 Å². The first-order chi connectivity index (χ1) is 9.29. The van der Waals surface area contributed by atoms with Crippen LogP contribution in [0.3, 0.4) is 0 Å². The second-order valence-electron chi connectivity index (χ2n) is 3.72. The van der Waals surface area contributed by atoms with E-state index in [4.69, 9.17) is 10.2 Å². The highest BCUT2D eigenvalue weighted by molar-refractivity contribution is 7.92. The lowest BCUT2D eigenvalue weighted by Crippen LogP contribution is -2.15. The maximum Gasteiger partial charge on any atom is 0.329 e. The number of hydrogen-bond acceptors (Lipinski definition) is 8. The average molecular weight is 299 g/mol. The summed E-state index contributed by atoms with van der Waals surface area (Å²) in [7, 11) is -4.24. The molecule has 2 aromatic rings. The quantitative estimate of drug-likeness (QED) is 0.474. The zero-order valence-corrected chi connectivity index (χ0v) is 10.9. The summed E-state index contributed by atoms with van der Waals surface area (Å²) in [5, 5.41) is 17.8. The van der Waals surface area contributed by atoms with E-state index in [1.807, 2.05) is 4.72 Å². The van der Waals surface area contributed by atoms with Gasteiger partial charge in [-0.25, -0.2) is 13.1 Å². The number of anilines is 2. The van der Waals surface area contributed by atoms with Crippen LogP contribution in [0.2, 0.25) is 0 Å². The van der Waals surface area contributed by atoms with Gasteiger partial charge < -0.3 is 10.2 Å². The predicted molar refractivity (Wildman–Crippen MR) is 67.4 cm³/mol. The number of benzene rings is 1. The Morgan fingerprint density at radius 1 is 1.40 bits per heavy atom. The van der Waals surface area contributed by atoms with Crippen molar-refractivity contribution in [3.63, 3.8) is 0 Å². The first kappa shape index (κ1) is 13.7. The Kier molecular flexibility index (Phi) is 3.28. The van der Waals surface area contributed by atoms with Gasteiger partial charge in [-0.2, -0.15) is 0 Å². The molecule has 3 N–H and O–H groups in total. The number of hydrogen-bond donors (Lipinski definition) is 2. The van der Waals surface area contributed by atoms with Crippen molar-refractivity contribution in [1.82, 2.24) is 10.2 Å². The topological polar surface area (TPSA) is 154 Å². The molecule has 106 valence electrons. The van der Waals surface area contributed by atoms with Gasteiger partial charge in [0.15, 0.2) is 4.90 Å². The molecule has 0 aliphatic rings. The van der Waals surface area contributed by atoms with E-state index in [1.54, 1.807) is 0 Å². The van der Waals surface area contributed by atoms with E-state index in [-0.39, 0.29) is 17.6 Å². The van der Waals surface area contributed by atoms with Crippen molar-refractivity contribution < 1.29 is 17.8 Å². The molecule has 1 aromatic carbocycles. The van der Waals surface area contributed by atoms with Gasteiger partial charge in [0.25, 0.3) is 15.7 Å². The lowest BCUT2D eigenvalue weighted by molar-refractivity contribution is -0.387. The van der Waals surface area contributed by atoms with Gasteiger partial charge in [-0.1, -0.05) is 5.10 Å². The Morgan fingerprint density at radius 3 is 2.65 bits per heavy atom. The molecule has 0 saturated heterocycles. The van der Waals surface area contributed by atoms with Crippen LogP contribution in [0, 0.1) is 17.0 Å². The van der Waals surface area contributed by atoms with Gasteiger partial charge in [-0.15, -0.1) is 5.10 Å². The summed E-state index contributed by atoms with van der Waals surface area (Å²) in [5.41, 5.74) is 4.83. The maximum absolute atomic E-state index is 12.1. The molecular formula is C9H9N5O5S. The van der Waals surface area contributed by atoms with Crippen molar-refractivity contribution in [2.75, 3.05) is 10.5 Å². The van der Waals surface area contributed by atoms with Crippen LogP contribution < -0.4 is 10.5 Å². The minimum Gasteiger partial charge on any atom is -0.408 e. The van der Waals surface area contributed by atoms with Gasteiger partial charge in [0, 0.05) is 18.7 Å².